The number of terminal acetylenes is 1. The number of methoxy groups -OCH3 is 1. The van der Waals surface area contributed by atoms with E-state index in [4.69, 9.17) is 11.2 Å². The lowest BCUT2D eigenvalue weighted by Gasteiger charge is -2.24. The minimum absolute atomic E-state index is 0.0237. The molecule has 1 saturated heterocycles. The molecule has 35 heavy (non-hydrogen) atoms. The number of amides is 1. The summed E-state index contributed by atoms with van der Waals surface area (Å²) in [7, 11) is 3.15. The Labute approximate surface area is 207 Å². The number of hydrogen-bond donors (Lipinski definition) is 3. The molecule has 1 fully saturated rings. The van der Waals surface area contributed by atoms with E-state index in [9.17, 15) is 9.90 Å². The summed E-state index contributed by atoms with van der Waals surface area (Å²) in [6.07, 6.45) is 12.3. The van der Waals surface area contributed by atoms with E-state index in [2.05, 4.69) is 36.5 Å². The number of aliphatic imine (C=N–C) groups is 2. The Morgan fingerprint density at radius 3 is 2.83 bits per heavy atom. The lowest BCUT2D eigenvalue weighted by Crippen LogP contribution is -2.34. The number of aliphatic hydroxyl groups is 1. The maximum Gasteiger partial charge on any atom is 0.256 e. The number of ether oxygens (including phenoxy) is 1. The van der Waals surface area contributed by atoms with Crippen LogP contribution >= 0.6 is 0 Å². The molecule has 1 aliphatic heterocycles. The van der Waals surface area contributed by atoms with E-state index in [1.807, 2.05) is 24.8 Å². The van der Waals surface area contributed by atoms with Crippen LogP contribution in [-0.4, -0.2) is 79.5 Å². The normalized spacial score (nSPS) is 17.3. The Kier molecular flexibility index (Phi) is 10.9. The fourth-order valence-corrected chi connectivity index (χ4v) is 3.73. The van der Waals surface area contributed by atoms with Crippen LogP contribution < -0.4 is 15.5 Å². The third-order valence-corrected chi connectivity index (χ3v) is 5.50. The molecule has 1 unspecified atom stereocenters. The average Bonchev–Trinajstić information content (AvgIpc) is 3.34. The van der Waals surface area contributed by atoms with Crippen molar-refractivity contribution in [1.82, 2.24) is 15.3 Å². The van der Waals surface area contributed by atoms with Crippen LogP contribution in [0.1, 0.15) is 44.0 Å². The second-order valence-corrected chi connectivity index (χ2v) is 8.02. The number of anilines is 2. The van der Waals surface area contributed by atoms with Crippen LogP contribution in [0.4, 0.5) is 11.8 Å². The molecule has 0 bridgehead atoms. The smallest absolute Gasteiger partial charge is 0.256 e. The zero-order valence-corrected chi connectivity index (χ0v) is 21.1. The fourth-order valence-electron chi connectivity index (χ4n) is 3.73. The second kappa shape index (κ2) is 13.9. The Hall–Kier alpha value is -3.71. The predicted molar refractivity (Wildman–Crippen MR) is 140 cm³/mol. The van der Waals surface area contributed by atoms with Crippen molar-refractivity contribution in [2.75, 3.05) is 50.6 Å². The van der Waals surface area contributed by atoms with Crippen molar-refractivity contribution in [1.29, 1.82) is 0 Å². The summed E-state index contributed by atoms with van der Waals surface area (Å²) in [5.74, 6) is 3.99. The van der Waals surface area contributed by atoms with Crippen molar-refractivity contribution in [3.8, 4) is 12.3 Å². The van der Waals surface area contributed by atoms with E-state index in [0.717, 1.165) is 30.5 Å². The van der Waals surface area contributed by atoms with E-state index >= 15 is 0 Å². The van der Waals surface area contributed by atoms with Crippen molar-refractivity contribution in [3.63, 3.8) is 0 Å². The molecule has 3 N–H and O–H groups in total. The van der Waals surface area contributed by atoms with Crippen molar-refractivity contribution in [2.45, 2.75) is 39.7 Å². The number of aliphatic hydroxyl groups excluding tert-OH is 1. The minimum Gasteiger partial charge on any atom is -0.488 e. The van der Waals surface area contributed by atoms with Crippen molar-refractivity contribution in [3.05, 3.63) is 34.7 Å². The van der Waals surface area contributed by atoms with Crippen LogP contribution in [0.25, 0.3) is 0 Å². The van der Waals surface area contributed by atoms with Gasteiger partial charge in [0.15, 0.2) is 5.76 Å². The van der Waals surface area contributed by atoms with E-state index in [-0.39, 0.29) is 25.1 Å². The monoisotopic (exact) mass is 481 g/mol. The largest absolute Gasteiger partial charge is 0.488 e. The first-order chi connectivity index (χ1) is 16.9. The summed E-state index contributed by atoms with van der Waals surface area (Å²) in [5, 5.41) is 15.8. The van der Waals surface area contributed by atoms with Gasteiger partial charge < -0.3 is 25.4 Å². The van der Waals surface area contributed by atoms with E-state index < -0.39 is 0 Å². The molecule has 0 radical (unpaired) electrons. The zero-order valence-electron chi connectivity index (χ0n) is 21.1. The van der Waals surface area contributed by atoms with Gasteiger partial charge in [-0.1, -0.05) is 11.6 Å². The molecule has 1 amide bonds. The summed E-state index contributed by atoms with van der Waals surface area (Å²) in [4.78, 5) is 32.2. The van der Waals surface area contributed by atoms with Gasteiger partial charge >= 0.3 is 0 Å². The SMILES string of the molecule is C#C/C(OC)=C(C)\C=C(/C)CNc1nc(N2CCCC2CO)ncc1C(=O)NCC(N=CC)=NC. The first kappa shape index (κ1) is 27.5. The van der Waals surface area contributed by atoms with Gasteiger partial charge in [-0.15, -0.1) is 6.42 Å². The molecule has 188 valence electrons. The van der Waals surface area contributed by atoms with Crippen LogP contribution in [0.3, 0.4) is 0 Å². The van der Waals surface area contributed by atoms with Crippen molar-refractivity contribution >= 4 is 29.7 Å². The number of aromatic nitrogens is 2. The van der Waals surface area contributed by atoms with Crippen LogP contribution in [-0.2, 0) is 4.74 Å². The van der Waals surface area contributed by atoms with Gasteiger partial charge in [0.2, 0.25) is 5.95 Å². The van der Waals surface area contributed by atoms with E-state index in [0.29, 0.717) is 35.5 Å². The third-order valence-electron chi connectivity index (χ3n) is 5.50. The van der Waals surface area contributed by atoms with E-state index in [1.165, 1.54) is 13.3 Å². The van der Waals surface area contributed by atoms with Gasteiger partial charge in [0, 0.05) is 32.5 Å². The molecule has 2 heterocycles. The lowest BCUT2D eigenvalue weighted by molar-refractivity contribution is 0.0959. The van der Waals surface area contributed by atoms with E-state index in [1.54, 1.807) is 20.2 Å². The van der Waals surface area contributed by atoms with Crippen LogP contribution in [0.5, 0.6) is 0 Å². The van der Waals surface area contributed by atoms with Gasteiger partial charge in [-0.3, -0.25) is 9.79 Å². The molecule has 0 saturated carbocycles. The van der Waals surface area contributed by atoms with Gasteiger partial charge in [-0.05, 0) is 45.1 Å². The first-order valence-electron chi connectivity index (χ1n) is 11.5. The first-order valence-corrected chi connectivity index (χ1v) is 11.5. The predicted octanol–water partition coefficient (Wildman–Crippen LogP) is 2.20. The summed E-state index contributed by atoms with van der Waals surface area (Å²) >= 11 is 0. The summed E-state index contributed by atoms with van der Waals surface area (Å²) in [6, 6.07) is -0.0385. The molecule has 10 nitrogen and oxygen atoms in total. The topological polar surface area (TPSA) is 124 Å². The van der Waals surface area contributed by atoms with Gasteiger partial charge in [-0.25, -0.2) is 9.98 Å². The maximum atomic E-state index is 13.0. The lowest BCUT2D eigenvalue weighted by atomic mass is 10.1. The molecule has 1 atom stereocenters. The number of rotatable bonds is 10. The van der Waals surface area contributed by atoms with Gasteiger partial charge in [0.1, 0.15) is 17.2 Å². The van der Waals surface area contributed by atoms with Gasteiger partial charge in [-0.2, -0.15) is 4.98 Å². The Morgan fingerprint density at radius 1 is 1.43 bits per heavy atom. The second-order valence-electron chi connectivity index (χ2n) is 8.02. The molecular formula is C25H35N7O3. The van der Waals surface area contributed by atoms with Gasteiger partial charge in [0.25, 0.3) is 5.91 Å². The Morgan fingerprint density at radius 2 is 2.20 bits per heavy atom. The summed E-state index contributed by atoms with van der Waals surface area (Å²) in [5.41, 5.74) is 2.08. The molecule has 0 aliphatic carbocycles. The summed E-state index contributed by atoms with van der Waals surface area (Å²) < 4.78 is 5.20. The Bertz CT molecular complexity index is 1050. The van der Waals surface area contributed by atoms with Crippen LogP contribution in [0, 0.1) is 12.3 Å². The number of amidine groups is 1. The van der Waals surface area contributed by atoms with Crippen molar-refractivity contribution < 1.29 is 14.6 Å². The molecule has 1 aromatic heterocycles. The number of nitrogens with one attached hydrogen (secondary N) is 2. The minimum atomic E-state index is -0.349. The molecule has 2 rings (SSSR count). The molecule has 0 aromatic carbocycles. The number of allylic oxidation sites excluding steroid dienone is 3. The number of hydrogen-bond acceptors (Lipinski definition) is 8. The third kappa shape index (κ3) is 7.65. The summed E-state index contributed by atoms with van der Waals surface area (Å²) in [6.45, 7) is 6.96. The molecular weight excluding hydrogens is 446 g/mol. The highest BCUT2D eigenvalue weighted by Gasteiger charge is 2.27. The number of carbonyl (C=O) groups excluding carboxylic acids is 1. The zero-order chi connectivity index (χ0) is 25.8. The van der Waals surface area contributed by atoms with Crippen molar-refractivity contribution in [2.24, 2.45) is 9.98 Å². The molecule has 10 heteroatoms. The highest BCUT2D eigenvalue weighted by atomic mass is 16.5. The molecule has 1 aliphatic rings. The molecule has 1 aromatic rings. The van der Waals surface area contributed by atoms with Gasteiger partial charge in [0.05, 0.1) is 26.3 Å². The average molecular weight is 482 g/mol. The highest BCUT2D eigenvalue weighted by molar-refractivity contribution is 6.01. The number of nitrogens with zero attached hydrogens (tertiary/aromatic N) is 5. The quantitative estimate of drug-likeness (QED) is 0.154. The fraction of sp³-hybridized carbons (Fsp3) is 0.480. The van der Waals surface area contributed by atoms with Crippen LogP contribution in [0.2, 0.25) is 0 Å². The highest BCUT2D eigenvalue weighted by Crippen LogP contribution is 2.24. The Balaban J connectivity index is 2.31. The maximum absolute atomic E-state index is 13.0. The molecule has 0 spiro atoms. The van der Waals surface area contributed by atoms with Crippen LogP contribution in [0.15, 0.2) is 39.2 Å². The standard InChI is InChI=1S/C25H35N7O3/c1-7-21(35-6)18(4)12-17(3)13-28-23-20(24(34)29-15-22(26-5)27-8-2)14-30-25(31-23)32-11-9-10-19(32)16-33/h1,8,12,14,19,33H,9-11,13,15-16H2,2-6H3,(H,29,34)(H,28,30,31)/b17-12+,21-18+,26-22?,27-8?. The number of carbonyl (C=O) groups is 1.